The maximum atomic E-state index is 13.0. The highest BCUT2D eigenvalue weighted by atomic mass is 16.5. The second-order valence-corrected chi connectivity index (χ2v) is 7.51. The number of amides is 1. The summed E-state index contributed by atoms with van der Waals surface area (Å²) in [6.07, 6.45) is 0.123. The molecule has 0 saturated carbocycles. The van der Waals surface area contributed by atoms with Crippen molar-refractivity contribution in [2.75, 3.05) is 7.11 Å². The molecule has 0 aromatic heterocycles. The van der Waals surface area contributed by atoms with Crippen LogP contribution < -0.4 is 10.1 Å². The molecule has 0 bridgehead atoms. The normalized spacial score (nSPS) is 11.6. The first-order valence-electron chi connectivity index (χ1n) is 9.98. The van der Waals surface area contributed by atoms with E-state index in [4.69, 9.17) is 4.74 Å². The lowest BCUT2D eigenvalue weighted by molar-refractivity contribution is -0.121. The Morgan fingerprint density at radius 3 is 2.27 bits per heavy atom. The summed E-state index contributed by atoms with van der Waals surface area (Å²) in [5.41, 5.74) is 5.68. The predicted molar refractivity (Wildman–Crippen MR) is 119 cm³/mol. The summed E-state index contributed by atoms with van der Waals surface area (Å²) in [6, 6.07) is 21.1. The van der Waals surface area contributed by atoms with Crippen LogP contribution in [-0.2, 0) is 11.2 Å². The number of rotatable bonds is 7. The molecule has 0 unspecified atom stereocenters. The maximum Gasteiger partial charge on any atom is 0.225 e. The zero-order valence-electron chi connectivity index (χ0n) is 17.9. The van der Waals surface area contributed by atoms with Gasteiger partial charge in [0.05, 0.1) is 19.6 Å². The van der Waals surface area contributed by atoms with E-state index in [-0.39, 0.29) is 24.2 Å². The molecule has 3 rings (SSSR count). The van der Waals surface area contributed by atoms with Crippen molar-refractivity contribution in [2.45, 2.75) is 33.2 Å². The summed E-state index contributed by atoms with van der Waals surface area (Å²) < 4.78 is 5.39. The lowest BCUT2D eigenvalue weighted by Gasteiger charge is -2.21. The van der Waals surface area contributed by atoms with Crippen molar-refractivity contribution < 1.29 is 14.3 Å². The van der Waals surface area contributed by atoms with Crippen molar-refractivity contribution in [3.8, 4) is 5.75 Å². The van der Waals surface area contributed by atoms with E-state index >= 15 is 0 Å². The minimum Gasteiger partial charge on any atom is -0.496 e. The first-order valence-corrected chi connectivity index (χ1v) is 9.98. The van der Waals surface area contributed by atoms with Crippen molar-refractivity contribution in [1.29, 1.82) is 0 Å². The fourth-order valence-corrected chi connectivity index (χ4v) is 3.47. The van der Waals surface area contributed by atoms with Gasteiger partial charge >= 0.3 is 0 Å². The van der Waals surface area contributed by atoms with E-state index in [0.29, 0.717) is 16.9 Å². The minimum absolute atomic E-state index is 0.0448. The van der Waals surface area contributed by atoms with E-state index in [1.54, 1.807) is 25.3 Å². The number of carbonyl (C=O) groups excluding carboxylic acids is 2. The summed E-state index contributed by atoms with van der Waals surface area (Å²) in [5, 5.41) is 3.17. The molecule has 0 aliphatic rings. The molecule has 0 aliphatic carbocycles. The van der Waals surface area contributed by atoms with Gasteiger partial charge in [-0.2, -0.15) is 0 Å². The quantitative estimate of drug-likeness (QED) is 0.569. The van der Waals surface area contributed by atoms with Gasteiger partial charge in [-0.25, -0.2) is 0 Å². The molecule has 0 saturated heterocycles. The maximum absolute atomic E-state index is 13.0. The Kier molecular flexibility index (Phi) is 6.68. The average molecular weight is 402 g/mol. The van der Waals surface area contributed by atoms with E-state index in [1.807, 2.05) is 30.3 Å². The first kappa shape index (κ1) is 21.3. The Bertz CT molecular complexity index is 1060. The zero-order valence-corrected chi connectivity index (χ0v) is 17.9. The number of hydrogen-bond donors (Lipinski definition) is 1. The van der Waals surface area contributed by atoms with Crippen molar-refractivity contribution in [3.63, 3.8) is 0 Å². The van der Waals surface area contributed by atoms with Crippen LogP contribution in [-0.4, -0.2) is 18.8 Å². The number of ether oxygens (including phenoxy) is 1. The Balaban J connectivity index is 1.90. The Hall–Kier alpha value is -3.40. The van der Waals surface area contributed by atoms with Gasteiger partial charge in [0, 0.05) is 11.1 Å². The summed E-state index contributed by atoms with van der Waals surface area (Å²) in [5.74, 6) is 0.412. The molecule has 0 spiro atoms. The fourth-order valence-electron chi connectivity index (χ4n) is 3.47. The van der Waals surface area contributed by atoms with Crippen LogP contribution >= 0.6 is 0 Å². The summed E-state index contributed by atoms with van der Waals surface area (Å²) in [6.45, 7) is 5.65. The van der Waals surface area contributed by atoms with Crippen molar-refractivity contribution in [1.82, 2.24) is 5.32 Å². The Morgan fingerprint density at radius 1 is 0.900 bits per heavy atom. The third kappa shape index (κ3) is 4.95. The van der Waals surface area contributed by atoms with Crippen LogP contribution in [0.2, 0.25) is 0 Å². The summed E-state index contributed by atoms with van der Waals surface area (Å²) in [4.78, 5) is 24.8. The van der Waals surface area contributed by atoms with Gasteiger partial charge < -0.3 is 10.1 Å². The van der Waals surface area contributed by atoms with E-state index < -0.39 is 0 Å². The highest BCUT2D eigenvalue weighted by Crippen LogP contribution is 2.25. The number of hydrogen-bond acceptors (Lipinski definition) is 3. The number of nitrogens with one attached hydrogen (secondary N) is 1. The number of methoxy groups -OCH3 is 1. The van der Waals surface area contributed by atoms with Gasteiger partial charge in [-0.05, 0) is 61.2 Å². The Labute approximate surface area is 177 Å². The van der Waals surface area contributed by atoms with Crippen LogP contribution in [0.3, 0.4) is 0 Å². The van der Waals surface area contributed by atoms with Crippen LogP contribution in [0.25, 0.3) is 0 Å². The molecule has 154 valence electrons. The van der Waals surface area contributed by atoms with E-state index in [1.165, 1.54) is 18.1 Å². The average Bonchev–Trinajstić information content (AvgIpc) is 2.74. The highest BCUT2D eigenvalue weighted by Gasteiger charge is 2.19. The third-order valence-corrected chi connectivity index (χ3v) is 5.34. The molecule has 0 radical (unpaired) electrons. The molecule has 1 atom stereocenters. The fraction of sp³-hybridized carbons (Fsp3) is 0.231. The minimum atomic E-state index is -0.264. The third-order valence-electron chi connectivity index (χ3n) is 5.34. The van der Waals surface area contributed by atoms with Gasteiger partial charge in [0.15, 0.2) is 5.78 Å². The van der Waals surface area contributed by atoms with Crippen molar-refractivity contribution in [3.05, 3.63) is 100 Å². The molecule has 0 fully saturated rings. The topological polar surface area (TPSA) is 55.4 Å². The number of Topliss-reactive ketones (excluding diaryl/α,β-unsaturated/α-hetero) is 1. The lowest BCUT2D eigenvalue weighted by Crippen LogP contribution is -2.30. The van der Waals surface area contributed by atoms with Crippen LogP contribution in [0.4, 0.5) is 0 Å². The molecule has 0 aliphatic heterocycles. The van der Waals surface area contributed by atoms with Gasteiger partial charge in [-0.1, -0.05) is 48.5 Å². The molecule has 4 heteroatoms. The molecule has 1 N–H and O–H groups in total. The van der Waals surface area contributed by atoms with E-state index in [2.05, 4.69) is 37.4 Å². The molecule has 4 nitrogen and oxygen atoms in total. The number of ketones is 1. The summed E-state index contributed by atoms with van der Waals surface area (Å²) in [7, 11) is 1.56. The molecule has 3 aromatic carbocycles. The van der Waals surface area contributed by atoms with Crippen LogP contribution in [0.15, 0.2) is 66.7 Å². The van der Waals surface area contributed by atoms with Gasteiger partial charge in [-0.15, -0.1) is 0 Å². The Morgan fingerprint density at radius 2 is 1.63 bits per heavy atom. The number of carbonyl (C=O) groups is 2. The van der Waals surface area contributed by atoms with Crippen molar-refractivity contribution in [2.24, 2.45) is 0 Å². The summed E-state index contributed by atoms with van der Waals surface area (Å²) >= 11 is 0. The second kappa shape index (κ2) is 9.40. The lowest BCUT2D eigenvalue weighted by atomic mass is 9.95. The molecule has 1 amide bonds. The smallest absolute Gasteiger partial charge is 0.225 e. The molecule has 3 aromatic rings. The second-order valence-electron chi connectivity index (χ2n) is 7.51. The SMILES string of the molecule is COc1ccc(C(C)=O)cc1CC(=O)N[C@@H](c1ccccc1)c1ccc(C)c(C)c1. The first-order chi connectivity index (χ1) is 14.4. The highest BCUT2D eigenvalue weighted by molar-refractivity contribution is 5.94. The van der Waals surface area contributed by atoms with Crippen LogP contribution in [0.1, 0.15) is 51.1 Å². The van der Waals surface area contributed by atoms with Crippen LogP contribution in [0.5, 0.6) is 5.75 Å². The van der Waals surface area contributed by atoms with Gasteiger partial charge in [-0.3, -0.25) is 9.59 Å². The number of benzene rings is 3. The zero-order chi connectivity index (χ0) is 21.7. The largest absolute Gasteiger partial charge is 0.496 e. The molecular formula is C26H27NO3. The standard InChI is InChI=1S/C26H27NO3/c1-17-10-11-22(14-18(17)2)26(20-8-6-5-7-9-20)27-25(29)16-23-15-21(19(3)28)12-13-24(23)30-4/h5-15,26H,16H2,1-4H3,(H,27,29)/t26-/m0/s1. The van der Waals surface area contributed by atoms with Crippen molar-refractivity contribution >= 4 is 11.7 Å². The van der Waals surface area contributed by atoms with E-state index in [9.17, 15) is 9.59 Å². The van der Waals surface area contributed by atoms with E-state index in [0.717, 1.165) is 11.1 Å². The van der Waals surface area contributed by atoms with Gasteiger partial charge in [0.2, 0.25) is 5.91 Å². The van der Waals surface area contributed by atoms with Crippen LogP contribution in [0, 0.1) is 13.8 Å². The van der Waals surface area contributed by atoms with Gasteiger partial charge in [0.1, 0.15) is 5.75 Å². The van der Waals surface area contributed by atoms with Gasteiger partial charge in [0.25, 0.3) is 0 Å². The molecular weight excluding hydrogens is 374 g/mol. The molecule has 30 heavy (non-hydrogen) atoms. The monoisotopic (exact) mass is 401 g/mol. The molecule has 0 heterocycles. The number of aryl methyl sites for hydroxylation is 2. The predicted octanol–water partition coefficient (Wildman–Crippen LogP) is 4.96.